The van der Waals surface area contributed by atoms with Crippen molar-refractivity contribution in [3.05, 3.63) is 34.3 Å². The predicted molar refractivity (Wildman–Crippen MR) is 72.3 cm³/mol. The average molecular weight is 314 g/mol. The molecule has 0 saturated carbocycles. The Labute approximate surface area is 115 Å². The van der Waals surface area contributed by atoms with Crippen LogP contribution in [0.4, 0.5) is 0 Å². The number of nitrogens with one attached hydrogen (secondary N) is 1. The molecular weight excluding hydrogens is 298 g/mol. The number of esters is 1. The quantitative estimate of drug-likeness (QED) is 0.850. The molecule has 0 heterocycles. The first-order valence-corrected chi connectivity index (χ1v) is 6.54. The molecule has 0 radical (unpaired) electrons. The van der Waals surface area contributed by atoms with Gasteiger partial charge in [-0.15, -0.1) is 0 Å². The van der Waals surface area contributed by atoms with Crippen molar-refractivity contribution in [1.82, 2.24) is 5.32 Å². The number of hydrogen-bond acceptors (Lipinski definition) is 3. The average Bonchev–Trinajstić information content (AvgIpc) is 2.35. The predicted octanol–water partition coefficient (Wildman–Crippen LogP) is 2.52. The first-order valence-electron chi connectivity index (χ1n) is 5.75. The molecule has 4 nitrogen and oxygen atoms in total. The molecule has 0 fully saturated rings. The highest BCUT2D eigenvalue weighted by Gasteiger charge is 2.11. The van der Waals surface area contributed by atoms with Crippen molar-refractivity contribution in [2.24, 2.45) is 0 Å². The van der Waals surface area contributed by atoms with E-state index in [1.165, 1.54) is 0 Å². The van der Waals surface area contributed by atoms with Gasteiger partial charge in [-0.1, -0.05) is 28.9 Å². The molecule has 0 saturated heterocycles. The summed E-state index contributed by atoms with van der Waals surface area (Å²) >= 11 is 3.27. The Bertz CT molecular complexity index is 434. The zero-order valence-electron chi connectivity index (χ0n) is 10.4. The van der Waals surface area contributed by atoms with Crippen molar-refractivity contribution >= 4 is 27.8 Å². The fourth-order valence-electron chi connectivity index (χ4n) is 1.25. The van der Waals surface area contributed by atoms with Crippen molar-refractivity contribution in [1.29, 1.82) is 0 Å². The van der Waals surface area contributed by atoms with Crippen LogP contribution in [-0.2, 0) is 9.53 Å². The maximum absolute atomic E-state index is 11.6. The number of carbonyl (C=O) groups is 2. The van der Waals surface area contributed by atoms with Gasteiger partial charge in [0.05, 0.1) is 5.56 Å². The van der Waals surface area contributed by atoms with Crippen LogP contribution in [0.1, 0.15) is 30.6 Å². The van der Waals surface area contributed by atoms with E-state index in [4.69, 9.17) is 4.74 Å². The summed E-state index contributed by atoms with van der Waals surface area (Å²) in [5, 5.41) is 2.72. The molecule has 0 aromatic heterocycles. The molecule has 18 heavy (non-hydrogen) atoms. The standard InChI is InChI=1S/C13H16BrNO3/c1-3-9(2)15-12(16)8-18-13(17)10-5-4-6-11(14)7-10/h4-7,9H,3,8H2,1-2H3,(H,15,16)/t9-/m0/s1. The van der Waals surface area contributed by atoms with Crippen LogP contribution in [0.3, 0.4) is 0 Å². The third-order valence-electron chi connectivity index (χ3n) is 2.41. The van der Waals surface area contributed by atoms with Crippen molar-refractivity contribution in [2.45, 2.75) is 26.3 Å². The molecule has 1 rings (SSSR count). The summed E-state index contributed by atoms with van der Waals surface area (Å²) in [5.41, 5.74) is 0.417. The van der Waals surface area contributed by atoms with Gasteiger partial charge in [-0.05, 0) is 31.5 Å². The van der Waals surface area contributed by atoms with Crippen LogP contribution >= 0.6 is 15.9 Å². The Morgan fingerprint density at radius 2 is 2.17 bits per heavy atom. The molecule has 0 bridgehead atoms. The number of rotatable bonds is 5. The molecular formula is C13H16BrNO3. The summed E-state index contributed by atoms with van der Waals surface area (Å²) < 4.78 is 5.71. The van der Waals surface area contributed by atoms with Crippen molar-refractivity contribution < 1.29 is 14.3 Å². The highest BCUT2D eigenvalue weighted by Crippen LogP contribution is 2.12. The lowest BCUT2D eigenvalue weighted by atomic mass is 10.2. The molecule has 1 aromatic carbocycles. The molecule has 5 heteroatoms. The summed E-state index contributed by atoms with van der Waals surface area (Å²) in [6.45, 7) is 3.61. The van der Waals surface area contributed by atoms with Crippen LogP contribution in [0.15, 0.2) is 28.7 Å². The molecule has 0 aliphatic rings. The Morgan fingerprint density at radius 1 is 1.44 bits per heavy atom. The van der Waals surface area contributed by atoms with Crippen molar-refractivity contribution in [2.75, 3.05) is 6.61 Å². The van der Waals surface area contributed by atoms with Gasteiger partial charge in [0, 0.05) is 10.5 Å². The highest BCUT2D eigenvalue weighted by atomic mass is 79.9. The second kappa shape index (κ2) is 7.16. The van der Waals surface area contributed by atoms with Crippen LogP contribution in [-0.4, -0.2) is 24.5 Å². The SMILES string of the molecule is CC[C@H](C)NC(=O)COC(=O)c1cccc(Br)c1. The van der Waals surface area contributed by atoms with Crippen molar-refractivity contribution in [3.63, 3.8) is 0 Å². The van der Waals surface area contributed by atoms with Crippen LogP contribution in [0.2, 0.25) is 0 Å². The number of amides is 1. The van der Waals surface area contributed by atoms with E-state index in [1.807, 2.05) is 19.9 Å². The molecule has 1 atom stereocenters. The van der Waals surface area contributed by atoms with E-state index >= 15 is 0 Å². The fraction of sp³-hybridized carbons (Fsp3) is 0.385. The largest absolute Gasteiger partial charge is 0.452 e. The molecule has 98 valence electrons. The van der Waals surface area contributed by atoms with E-state index in [9.17, 15) is 9.59 Å². The minimum atomic E-state index is -0.504. The second-order valence-electron chi connectivity index (χ2n) is 3.96. The monoisotopic (exact) mass is 313 g/mol. The number of halogens is 1. The van der Waals surface area contributed by atoms with Crippen LogP contribution in [0, 0.1) is 0 Å². The first-order chi connectivity index (χ1) is 8.52. The van der Waals surface area contributed by atoms with Gasteiger partial charge in [0.25, 0.3) is 5.91 Å². The molecule has 0 aliphatic heterocycles. The zero-order valence-corrected chi connectivity index (χ0v) is 12.0. The number of ether oxygens (including phenoxy) is 1. The summed E-state index contributed by atoms with van der Waals surface area (Å²) in [7, 11) is 0. The number of benzene rings is 1. The van der Waals surface area contributed by atoms with Crippen molar-refractivity contribution in [3.8, 4) is 0 Å². The summed E-state index contributed by atoms with van der Waals surface area (Å²) in [5.74, 6) is -0.789. The Hall–Kier alpha value is -1.36. The lowest BCUT2D eigenvalue weighted by Gasteiger charge is -2.11. The third-order valence-corrected chi connectivity index (χ3v) is 2.91. The van der Waals surface area contributed by atoms with Gasteiger partial charge in [0.2, 0.25) is 0 Å². The third kappa shape index (κ3) is 4.87. The number of hydrogen-bond donors (Lipinski definition) is 1. The van der Waals surface area contributed by atoms with Gasteiger partial charge in [0.15, 0.2) is 6.61 Å². The van der Waals surface area contributed by atoms with E-state index in [0.717, 1.165) is 10.9 Å². The van der Waals surface area contributed by atoms with Gasteiger partial charge >= 0.3 is 5.97 Å². The molecule has 0 spiro atoms. The zero-order chi connectivity index (χ0) is 13.5. The van der Waals surface area contributed by atoms with E-state index in [0.29, 0.717) is 5.56 Å². The van der Waals surface area contributed by atoms with E-state index < -0.39 is 5.97 Å². The molecule has 0 unspecified atom stereocenters. The van der Waals surface area contributed by atoms with Crippen LogP contribution < -0.4 is 5.32 Å². The maximum Gasteiger partial charge on any atom is 0.338 e. The molecule has 1 aromatic rings. The minimum absolute atomic E-state index is 0.0853. The number of carbonyl (C=O) groups excluding carboxylic acids is 2. The smallest absolute Gasteiger partial charge is 0.338 e. The Balaban J connectivity index is 2.44. The van der Waals surface area contributed by atoms with Gasteiger partial charge in [-0.25, -0.2) is 4.79 Å². The minimum Gasteiger partial charge on any atom is -0.452 e. The Morgan fingerprint density at radius 3 is 2.78 bits per heavy atom. The topological polar surface area (TPSA) is 55.4 Å². The second-order valence-corrected chi connectivity index (χ2v) is 4.88. The molecule has 1 amide bonds. The lowest BCUT2D eigenvalue weighted by molar-refractivity contribution is -0.124. The van der Waals surface area contributed by atoms with E-state index in [2.05, 4.69) is 21.2 Å². The Kier molecular flexibility index (Phi) is 5.85. The summed E-state index contributed by atoms with van der Waals surface area (Å²) in [4.78, 5) is 23.1. The summed E-state index contributed by atoms with van der Waals surface area (Å²) in [6, 6.07) is 6.92. The maximum atomic E-state index is 11.6. The fourth-order valence-corrected chi connectivity index (χ4v) is 1.65. The first kappa shape index (κ1) is 14.7. The highest BCUT2D eigenvalue weighted by molar-refractivity contribution is 9.10. The van der Waals surface area contributed by atoms with E-state index in [1.54, 1.807) is 18.2 Å². The van der Waals surface area contributed by atoms with Gasteiger partial charge < -0.3 is 10.1 Å². The van der Waals surface area contributed by atoms with Crippen LogP contribution in [0.5, 0.6) is 0 Å². The van der Waals surface area contributed by atoms with Gasteiger partial charge in [-0.2, -0.15) is 0 Å². The van der Waals surface area contributed by atoms with Crippen LogP contribution in [0.25, 0.3) is 0 Å². The van der Waals surface area contributed by atoms with E-state index in [-0.39, 0.29) is 18.6 Å². The van der Waals surface area contributed by atoms with Gasteiger partial charge in [0.1, 0.15) is 0 Å². The molecule has 1 N–H and O–H groups in total. The van der Waals surface area contributed by atoms with Gasteiger partial charge in [-0.3, -0.25) is 4.79 Å². The summed E-state index contributed by atoms with van der Waals surface area (Å²) in [6.07, 6.45) is 0.839. The lowest BCUT2D eigenvalue weighted by Crippen LogP contribution is -2.35. The molecule has 0 aliphatic carbocycles. The normalized spacial score (nSPS) is 11.7.